The number of nitrogens with one attached hydrogen (secondary N) is 2. The fourth-order valence-electron chi connectivity index (χ4n) is 2.07. The van der Waals surface area contributed by atoms with Crippen LogP contribution in [0, 0.1) is 0 Å². The smallest absolute Gasteiger partial charge is 0.293 e. The number of epoxide rings is 1. The first kappa shape index (κ1) is 27.4. The van der Waals surface area contributed by atoms with Crippen molar-refractivity contribution in [1.82, 2.24) is 10.6 Å². The summed E-state index contributed by atoms with van der Waals surface area (Å²) < 4.78 is 9.37. The maximum atomic E-state index is 12.4. The van der Waals surface area contributed by atoms with Gasteiger partial charge in [0.25, 0.3) is 6.47 Å². The standard InChI is InChI=1S/C17H26N2O2S.C3H6O2.C2H6/c1-3-13(2)19-17(20)16(18-9-15-10-21-15)12-22-11-14-7-5-4-6-8-14;1-2-5-3-4;1-2/h4-8,13,15-16,18H,3,9-12H2,1-2H3,(H,19,20);3H,2H2,1H3;1-2H3. The van der Waals surface area contributed by atoms with E-state index in [4.69, 9.17) is 4.74 Å². The summed E-state index contributed by atoms with van der Waals surface area (Å²) in [5.41, 5.74) is 1.29. The number of rotatable bonds is 12. The number of ether oxygens (including phenoxy) is 2. The molecule has 3 atom stereocenters. The lowest BCUT2D eigenvalue weighted by molar-refractivity contribution is -0.128. The first-order chi connectivity index (χ1) is 14.1. The number of thioether (sulfide) groups is 1. The fourth-order valence-corrected chi connectivity index (χ4v) is 3.12. The SMILES string of the molecule is CC.CCC(C)NC(=O)C(CSCc1ccccc1)NCC1CO1.CCOC=O. The van der Waals surface area contributed by atoms with Crippen LogP contribution in [0.2, 0.25) is 0 Å². The van der Waals surface area contributed by atoms with Gasteiger partial charge >= 0.3 is 0 Å². The Morgan fingerprint density at radius 3 is 2.45 bits per heavy atom. The average molecular weight is 427 g/mol. The van der Waals surface area contributed by atoms with Gasteiger partial charge in [-0.25, -0.2) is 0 Å². The molecular weight excluding hydrogens is 388 g/mol. The van der Waals surface area contributed by atoms with Crippen LogP contribution in [-0.4, -0.2) is 56.1 Å². The van der Waals surface area contributed by atoms with Crippen molar-refractivity contribution < 1.29 is 19.1 Å². The van der Waals surface area contributed by atoms with Crippen LogP contribution in [0.1, 0.15) is 46.6 Å². The van der Waals surface area contributed by atoms with E-state index in [2.05, 4.69) is 34.4 Å². The molecule has 1 aliphatic rings. The van der Waals surface area contributed by atoms with E-state index in [9.17, 15) is 9.59 Å². The number of hydrogen-bond acceptors (Lipinski definition) is 6. The van der Waals surface area contributed by atoms with Crippen molar-refractivity contribution in [2.75, 3.05) is 25.5 Å². The minimum atomic E-state index is -0.160. The van der Waals surface area contributed by atoms with E-state index < -0.39 is 0 Å². The Kier molecular flexibility index (Phi) is 17.5. The summed E-state index contributed by atoms with van der Waals surface area (Å²) in [4.78, 5) is 21.5. The Balaban J connectivity index is 0.000000977. The number of hydrogen-bond donors (Lipinski definition) is 2. The van der Waals surface area contributed by atoms with E-state index in [0.29, 0.717) is 13.1 Å². The van der Waals surface area contributed by atoms with Crippen LogP contribution in [0.25, 0.3) is 0 Å². The molecule has 1 aliphatic heterocycles. The Morgan fingerprint density at radius 2 is 1.97 bits per heavy atom. The van der Waals surface area contributed by atoms with Crippen LogP contribution in [0.5, 0.6) is 0 Å². The number of benzene rings is 1. The molecule has 0 aliphatic carbocycles. The molecule has 6 nitrogen and oxygen atoms in total. The molecule has 7 heteroatoms. The van der Waals surface area contributed by atoms with Crippen molar-refractivity contribution in [3.05, 3.63) is 35.9 Å². The summed E-state index contributed by atoms with van der Waals surface area (Å²) in [6, 6.07) is 10.4. The molecule has 2 N–H and O–H groups in total. The van der Waals surface area contributed by atoms with Crippen molar-refractivity contribution in [3.8, 4) is 0 Å². The Labute approximate surface area is 180 Å². The van der Waals surface area contributed by atoms with Crippen LogP contribution >= 0.6 is 11.8 Å². The van der Waals surface area contributed by atoms with Crippen LogP contribution < -0.4 is 10.6 Å². The Morgan fingerprint density at radius 1 is 1.31 bits per heavy atom. The van der Waals surface area contributed by atoms with Gasteiger partial charge in [0.05, 0.1) is 25.4 Å². The predicted octanol–water partition coefficient (Wildman–Crippen LogP) is 3.40. The summed E-state index contributed by atoms with van der Waals surface area (Å²) in [6.45, 7) is 12.3. The van der Waals surface area contributed by atoms with Gasteiger partial charge in [0.15, 0.2) is 0 Å². The van der Waals surface area contributed by atoms with Crippen LogP contribution in [0.3, 0.4) is 0 Å². The molecule has 0 spiro atoms. The second-order valence-corrected chi connectivity index (χ2v) is 7.32. The van der Waals surface area contributed by atoms with Crippen LogP contribution in [-0.2, 0) is 24.8 Å². The molecule has 1 heterocycles. The maximum Gasteiger partial charge on any atom is 0.293 e. The Hall–Kier alpha value is -1.57. The maximum absolute atomic E-state index is 12.4. The van der Waals surface area contributed by atoms with Gasteiger partial charge < -0.3 is 20.1 Å². The van der Waals surface area contributed by atoms with E-state index in [1.54, 1.807) is 18.7 Å². The molecule has 1 aromatic rings. The Bertz CT molecular complexity index is 527. The third-order valence-corrected chi connectivity index (χ3v) is 5.05. The fraction of sp³-hybridized carbons (Fsp3) is 0.636. The molecule has 166 valence electrons. The molecule has 1 fully saturated rings. The summed E-state index contributed by atoms with van der Waals surface area (Å²) in [5.74, 6) is 1.79. The highest BCUT2D eigenvalue weighted by Gasteiger charge is 2.26. The van der Waals surface area contributed by atoms with Gasteiger partial charge in [-0.2, -0.15) is 11.8 Å². The minimum absolute atomic E-state index is 0.0931. The lowest BCUT2D eigenvalue weighted by Gasteiger charge is -2.20. The first-order valence-electron chi connectivity index (χ1n) is 10.4. The highest BCUT2D eigenvalue weighted by atomic mass is 32.2. The van der Waals surface area contributed by atoms with Gasteiger partial charge in [-0.1, -0.05) is 51.1 Å². The molecular formula is C22H38N2O4S. The van der Waals surface area contributed by atoms with Crippen LogP contribution in [0.15, 0.2) is 30.3 Å². The third-order valence-electron chi connectivity index (χ3n) is 3.94. The molecule has 29 heavy (non-hydrogen) atoms. The van der Waals surface area contributed by atoms with Gasteiger partial charge in [0.1, 0.15) is 0 Å². The van der Waals surface area contributed by atoms with Gasteiger partial charge in [-0.05, 0) is 25.8 Å². The van der Waals surface area contributed by atoms with Gasteiger partial charge in [-0.3, -0.25) is 9.59 Å². The number of amides is 1. The van der Waals surface area contributed by atoms with E-state index >= 15 is 0 Å². The van der Waals surface area contributed by atoms with Crippen LogP contribution in [0.4, 0.5) is 0 Å². The average Bonchev–Trinajstić information content (AvgIpc) is 3.58. The first-order valence-corrected chi connectivity index (χ1v) is 11.6. The predicted molar refractivity (Wildman–Crippen MR) is 121 cm³/mol. The van der Waals surface area contributed by atoms with E-state index in [0.717, 1.165) is 31.1 Å². The summed E-state index contributed by atoms with van der Waals surface area (Å²) in [6.07, 6.45) is 1.24. The van der Waals surface area contributed by atoms with E-state index in [1.807, 2.05) is 39.0 Å². The van der Waals surface area contributed by atoms with Gasteiger partial charge in [0.2, 0.25) is 5.91 Å². The zero-order chi connectivity index (χ0) is 21.9. The molecule has 1 amide bonds. The summed E-state index contributed by atoms with van der Waals surface area (Å²) in [7, 11) is 0. The molecule has 3 unspecified atom stereocenters. The lowest BCUT2D eigenvalue weighted by Crippen LogP contribution is -2.49. The van der Waals surface area contributed by atoms with Crippen molar-refractivity contribution in [3.63, 3.8) is 0 Å². The third kappa shape index (κ3) is 15.0. The van der Waals surface area contributed by atoms with Gasteiger partial charge in [-0.15, -0.1) is 0 Å². The largest absolute Gasteiger partial charge is 0.468 e. The topological polar surface area (TPSA) is 80.0 Å². The van der Waals surface area contributed by atoms with E-state index in [1.165, 1.54) is 5.56 Å². The molecule has 0 radical (unpaired) electrons. The number of carbonyl (C=O) groups excluding carboxylic acids is 2. The highest BCUT2D eigenvalue weighted by molar-refractivity contribution is 7.98. The minimum Gasteiger partial charge on any atom is -0.468 e. The molecule has 1 aromatic carbocycles. The summed E-state index contributed by atoms with van der Waals surface area (Å²) in [5, 5.41) is 6.41. The van der Waals surface area contributed by atoms with E-state index in [-0.39, 0.29) is 24.1 Å². The zero-order valence-electron chi connectivity index (χ0n) is 18.5. The van der Waals surface area contributed by atoms with Crippen molar-refractivity contribution in [1.29, 1.82) is 0 Å². The second kappa shape index (κ2) is 18.5. The molecule has 0 aromatic heterocycles. The highest BCUT2D eigenvalue weighted by Crippen LogP contribution is 2.14. The zero-order valence-corrected chi connectivity index (χ0v) is 19.3. The molecule has 0 bridgehead atoms. The summed E-state index contributed by atoms with van der Waals surface area (Å²) >= 11 is 1.79. The normalized spacial score (nSPS) is 16.1. The monoisotopic (exact) mass is 426 g/mol. The molecule has 0 saturated carbocycles. The second-order valence-electron chi connectivity index (χ2n) is 6.29. The van der Waals surface area contributed by atoms with Crippen molar-refractivity contribution in [2.24, 2.45) is 0 Å². The molecule has 1 saturated heterocycles. The van der Waals surface area contributed by atoms with Gasteiger partial charge in [0, 0.05) is 24.1 Å². The quantitative estimate of drug-likeness (QED) is 0.394. The van der Waals surface area contributed by atoms with Crippen molar-refractivity contribution >= 4 is 24.1 Å². The molecule has 2 rings (SSSR count). The number of carbonyl (C=O) groups is 2. The lowest BCUT2D eigenvalue weighted by atomic mass is 10.2. The van der Waals surface area contributed by atoms with Crippen molar-refractivity contribution in [2.45, 2.75) is 65.0 Å².